The van der Waals surface area contributed by atoms with Gasteiger partial charge in [-0.15, -0.1) is 0 Å². The molecule has 6 aromatic rings. The second-order valence-corrected chi connectivity index (χ2v) is 17.7. The Balaban J connectivity index is 1.35. The van der Waals surface area contributed by atoms with Gasteiger partial charge in [0, 0.05) is 50.4 Å². The molecule has 10 rings (SSSR count). The zero-order valence-corrected chi connectivity index (χ0v) is 32.7. The van der Waals surface area contributed by atoms with E-state index in [0.29, 0.717) is 6.61 Å². The van der Waals surface area contributed by atoms with Crippen molar-refractivity contribution in [1.29, 1.82) is 0 Å². The van der Waals surface area contributed by atoms with Crippen molar-refractivity contribution in [2.75, 3.05) is 20.8 Å². The second-order valence-electron chi connectivity index (χ2n) is 17.7. The summed E-state index contributed by atoms with van der Waals surface area (Å²) in [7, 11) is 3.42. The van der Waals surface area contributed by atoms with E-state index >= 15 is 0 Å². The molecule has 4 aliphatic rings. The van der Waals surface area contributed by atoms with Crippen molar-refractivity contribution < 1.29 is 18.9 Å². The average molecular weight is 725 g/mol. The van der Waals surface area contributed by atoms with Crippen molar-refractivity contribution in [2.24, 2.45) is 10.8 Å². The molecule has 276 valence electrons. The summed E-state index contributed by atoms with van der Waals surface area (Å²) in [4.78, 5) is 0. The first-order valence-electron chi connectivity index (χ1n) is 19.7. The Kier molecular flexibility index (Phi) is 7.43. The quantitative estimate of drug-likeness (QED) is 0.177. The minimum Gasteiger partial charge on any atom is -0.497 e. The third-order valence-electron chi connectivity index (χ3n) is 12.8. The third kappa shape index (κ3) is 5.03. The maximum atomic E-state index is 7.86. The summed E-state index contributed by atoms with van der Waals surface area (Å²) in [5.41, 5.74) is 11.6. The Labute approximate surface area is 324 Å². The van der Waals surface area contributed by atoms with Crippen LogP contribution in [-0.2, 0) is 17.4 Å². The van der Waals surface area contributed by atoms with Gasteiger partial charge in [-0.3, -0.25) is 0 Å². The molecule has 1 fully saturated rings. The van der Waals surface area contributed by atoms with Crippen molar-refractivity contribution in [3.8, 4) is 45.3 Å². The highest BCUT2D eigenvalue weighted by Gasteiger charge is 2.56. The summed E-state index contributed by atoms with van der Waals surface area (Å²) in [6.07, 6.45) is 8.88. The maximum Gasteiger partial charge on any atom is 0.178 e. The molecule has 1 spiro atoms. The van der Waals surface area contributed by atoms with Crippen molar-refractivity contribution in [3.05, 3.63) is 149 Å². The van der Waals surface area contributed by atoms with Crippen molar-refractivity contribution in [3.63, 3.8) is 0 Å². The van der Waals surface area contributed by atoms with Crippen LogP contribution in [0.25, 0.3) is 39.1 Å². The number of ether oxygens (including phenoxy) is 4. The van der Waals surface area contributed by atoms with Crippen LogP contribution in [0.3, 0.4) is 0 Å². The van der Waals surface area contributed by atoms with Gasteiger partial charge in [-0.05, 0) is 94.3 Å². The molecule has 2 aliphatic carbocycles. The van der Waals surface area contributed by atoms with Crippen LogP contribution in [0.15, 0.2) is 115 Å². The Bertz CT molecular complexity index is 2460. The minimum absolute atomic E-state index is 0.135. The van der Waals surface area contributed by atoms with Gasteiger partial charge in [-0.25, -0.2) is 0 Å². The summed E-state index contributed by atoms with van der Waals surface area (Å²) in [6.45, 7) is 10.6. The summed E-state index contributed by atoms with van der Waals surface area (Å²) >= 11 is 0. The molecule has 1 saturated carbocycles. The lowest BCUT2D eigenvalue weighted by Crippen LogP contribution is -2.44. The van der Waals surface area contributed by atoms with Gasteiger partial charge in [0.1, 0.15) is 23.0 Å². The molecule has 0 radical (unpaired) electrons. The van der Waals surface area contributed by atoms with E-state index < -0.39 is 5.60 Å². The molecule has 6 aromatic carbocycles. The molecule has 4 nitrogen and oxygen atoms in total. The largest absolute Gasteiger partial charge is 0.497 e. The first-order valence-corrected chi connectivity index (χ1v) is 19.7. The fraction of sp³-hybridized carbons (Fsp3) is 0.294. The highest BCUT2D eigenvalue weighted by atomic mass is 16.5. The highest BCUT2D eigenvalue weighted by Crippen LogP contribution is 2.67. The van der Waals surface area contributed by atoms with Crippen molar-refractivity contribution >= 4 is 16.8 Å². The normalized spacial score (nSPS) is 18.8. The molecule has 55 heavy (non-hydrogen) atoms. The van der Waals surface area contributed by atoms with E-state index in [1.807, 2.05) is 24.3 Å². The Morgan fingerprint density at radius 2 is 1.25 bits per heavy atom. The lowest BCUT2D eigenvalue weighted by molar-refractivity contribution is 0.0642. The zero-order valence-electron chi connectivity index (χ0n) is 32.7. The predicted octanol–water partition coefficient (Wildman–Crippen LogP) is 12.3. The van der Waals surface area contributed by atoms with Crippen LogP contribution in [-0.4, -0.2) is 20.8 Å². The number of rotatable bonds is 5. The lowest BCUT2D eigenvalue weighted by Gasteiger charge is -2.52. The summed E-state index contributed by atoms with van der Waals surface area (Å²) in [5.74, 6) is 3.56. The maximum absolute atomic E-state index is 7.86. The summed E-state index contributed by atoms with van der Waals surface area (Å²) in [5, 5.41) is 2.41. The van der Waals surface area contributed by atoms with Crippen LogP contribution in [0, 0.1) is 10.8 Å². The van der Waals surface area contributed by atoms with E-state index in [4.69, 9.17) is 18.9 Å². The molecule has 2 aliphatic heterocycles. The first-order chi connectivity index (χ1) is 26.6. The topological polar surface area (TPSA) is 36.9 Å². The van der Waals surface area contributed by atoms with Crippen LogP contribution >= 0.6 is 0 Å². The van der Waals surface area contributed by atoms with Crippen LogP contribution in [0.5, 0.6) is 23.0 Å². The van der Waals surface area contributed by atoms with E-state index in [9.17, 15) is 0 Å². The molecule has 0 amide bonds. The van der Waals surface area contributed by atoms with Gasteiger partial charge in [0.25, 0.3) is 0 Å². The smallest absolute Gasteiger partial charge is 0.178 e. The van der Waals surface area contributed by atoms with E-state index in [1.54, 1.807) is 14.2 Å². The lowest BCUT2D eigenvalue weighted by atomic mass is 9.52. The Morgan fingerprint density at radius 1 is 0.636 bits per heavy atom. The molecule has 0 bridgehead atoms. The van der Waals surface area contributed by atoms with Gasteiger partial charge in [0.15, 0.2) is 5.60 Å². The number of methoxy groups -OCH3 is 2. The molecule has 0 unspecified atom stereocenters. The third-order valence-corrected chi connectivity index (χ3v) is 12.8. The number of benzene rings is 6. The predicted molar refractivity (Wildman–Crippen MR) is 223 cm³/mol. The van der Waals surface area contributed by atoms with E-state index in [0.717, 1.165) is 69.9 Å². The summed E-state index contributed by atoms with van der Waals surface area (Å²) < 4.78 is 25.7. The van der Waals surface area contributed by atoms with Crippen LogP contribution in [0.4, 0.5) is 0 Å². The van der Waals surface area contributed by atoms with Gasteiger partial charge in [-0.2, -0.15) is 0 Å². The molecule has 0 N–H and O–H groups in total. The van der Waals surface area contributed by atoms with Crippen LogP contribution < -0.4 is 18.9 Å². The molecule has 0 atom stereocenters. The number of hydrogen-bond acceptors (Lipinski definition) is 4. The second kappa shape index (κ2) is 12.0. The van der Waals surface area contributed by atoms with Gasteiger partial charge in [-0.1, -0.05) is 113 Å². The molecule has 0 aromatic heterocycles. The minimum atomic E-state index is -0.918. The molecule has 2 heterocycles. The molecular weight excluding hydrogens is 677 g/mol. The van der Waals surface area contributed by atoms with Gasteiger partial charge in [0.05, 0.1) is 20.8 Å². The number of fused-ring (bicyclic) bond motifs is 12. The van der Waals surface area contributed by atoms with E-state index in [-0.39, 0.29) is 16.2 Å². The highest BCUT2D eigenvalue weighted by molar-refractivity contribution is 6.12. The fourth-order valence-corrected chi connectivity index (χ4v) is 11.5. The Morgan fingerprint density at radius 3 is 1.89 bits per heavy atom. The fourth-order valence-electron chi connectivity index (χ4n) is 11.5. The van der Waals surface area contributed by atoms with E-state index in [2.05, 4.69) is 125 Å². The van der Waals surface area contributed by atoms with Gasteiger partial charge >= 0.3 is 0 Å². The van der Waals surface area contributed by atoms with Crippen molar-refractivity contribution in [1.82, 2.24) is 0 Å². The van der Waals surface area contributed by atoms with Gasteiger partial charge < -0.3 is 18.9 Å². The number of hydrogen-bond donors (Lipinski definition) is 0. The van der Waals surface area contributed by atoms with Crippen LogP contribution in [0.2, 0.25) is 0 Å². The monoisotopic (exact) mass is 724 g/mol. The van der Waals surface area contributed by atoms with Crippen molar-refractivity contribution in [2.45, 2.75) is 64.4 Å². The van der Waals surface area contributed by atoms with Gasteiger partial charge in [0.2, 0.25) is 0 Å². The Hall–Kier alpha value is -5.48. The van der Waals surface area contributed by atoms with Crippen LogP contribution in [0.1, 0.15) is 80.3 Å². The standard InChI is InChI=1S/C51H48O4/c1-48(2)29-49(3,4)31-50(30-48)42-15-11-10-14-37(42)44-43-38-25-27-54-46(38)40(32-12-8-7-9-13-32)28-41(43)47-39(45(44)50)24-26-51(55-47,33-16-20-35(52-5)21-17-33)34-18-22-36(53-6)23-19-34/h7-24,26,28H,25,27,29-31H2,1-6H3. The SMILES string of the molecule is COc1ccc(C2(c3ccc(OC)cc3)C=Cc3c4c(c5c6c(c(-c7ccccc7)cc5c3O2)OCC6)-c2ccccc2C42CC(C)(C)CC(C)(C)C2)cc1. The van der Waals surface area contributed by atoms with E-state index in [1.165, 1.54) is 45.2 Å². The molecular formula is C51H48O4. The molecule has 4 heteroatoms. The molecule has 0 saturated heterocycles. The first kappa shape index (κ1) is 34.0. The summed E-state index contributed by atoms with van der Waals surface area (Å²) in [6, 6.07) is 39.0. The average Bonchev–Trinajstić information content (AvgIpc) is 3.78. The zero-order chi connectivity index (χ0) is 37.7.